The molecule has 3 heteroatoms. The number of hydrogen-bond donors (Lipinski definition) is 2. The summed E-state index contributed by atoms with van der Waals surface area (Å²) in [6.45, 7) is 6.59. The summed E-state index contributed by atoms with van der Waals surface area (Å²) < 4.78 is 0. The summed E-state index contributed by atoms with van der Waals surface area (Å²) in [5, 5.41) is 12.0. The van der Waals surface area contributed by atoms with Crippen molar-refractivity contribution in [3.8, 4) is 0 Å². The fraction of sp³-hybridized carbons (Fsp3) is 1.00. The van der Waals surface area contributed by atoms with Crippen LogP contribution in [0.1, 0.15) is 26.2 Å². The van der Waals surface area contributed by atoms with Crippen LogP contribution >= 0.6 is 0 Å². The van der Waals surface area contributed by atoms with E-state index in [2.05, 4.69) is 17.1 Å². The van der Waals surface area contributed by atoms with Crippen LogP contribution in [0.15, 0.2) is 0 Å². The molecule has 0 aliphatic carbocycles. The Morgan fingerprint density at radius 2 is 1.85 bits per heavy atom. The van der Waals surface area contributed by atoms with Gasteiger partial charge in [-0.05, 0) is 39.5 Å². The number of aliphatic hydroxyl groups excluding tert-OH is 1. The zero-order chi connectivity index (χ0) is 9.94. The van der Waals surface area contributed by atoms with E-state index >= 15 is 0 Å². The molecular weight excluding hydrogens is 164 g/mol. The molecule has 0 aliphatic heterocycles. The van der Waals surface area contributed by atoms with Crippen LogP contribution in [-0.4, -0.2) is 49.8 Å². The smallest absolute Gasteiger partial charge is 0.0558 e. The van der Waals surface area contributed by atoms with Gasteiger partial charge in [0, 0.05) is 6.54 Å². The molecule has 0 saturated heterocycles. The van der Waals surface area contributed by atoms with Crippen LogP contribution in [-0.2, 0) is 0 Å². The number of rotatable bonds is 9. The van der Waals surface area contributed by atoms with Crippen LogP contribution in [0.25, 0.3) is 0 Å². The third-order valence-electron chi connectivity index (χ3n) is 2.15. The summed E-state index contributed by atoms with van der Waals surface area (Å²) in [6, 6.07) is 0. The normalized spacial score (nSPS) is 11.1. The van der Waals surface area contributed by atoms with Crippen LogP contribution in [0.4, 0.5) is 0 Å². The third kappa shape index (κ3) is 8.22. The maximum Gasteiger partial charge on any atom is 0.0558 e. The van der Waals surface area contributed by atoms with E-state index in [1.807, 2.05) is 7.05 Å². The van der Waals surface area contributed by atoms with Gasteiger partial charge in [0.05, 0.1) is 6.61 Å². The van der Waals surface area contributed by atoms with Gasteiger partial charge in [0.2, 0.25) is 0 Å². The second-order valence-corrected chi connectivity index (χ2v) is 3.38. The van der Waals surface area contributed by atoms with Crippen LogP contribution in [0.5, 0.6) is 0 Å². The second kappa shape index (κ2) is 9.96. The molecule has 0 aromatic rings. The van der Waals surface area contributed by atoms with Crippen molar-refractivity contribution in [1.82, 2.24) is 10.2 Å². The molecule has 0 atom stereocenters. The Balaban J connectivity index is 3.41. The average Bonchev–Trinajstić information content (AvgIpc) is 2.14. The van der Waals surface area contributed by atoms with Crippen molar-refractivity contribution in [3.05, 3.63) is 0 Å². The van der Waals surface area contributed by atoms with E-state index < -0.39 is 0 Å². The highest BCUT2D eigenvalue weighted by Crippen LogP contribution is 1.95. The largest absolute Gasteiger partial charge is 0.395 e. The predicted octanol–water partition coefficient (Wildman–Crippen LogP) is 0.690. The van der Waals surface area contributed by atoms with E-state index in [4.69, 9.17) is 5.11 Å². The maximum absolute atomic E-state index is 8.84. The van der Waals surface area contributed by atoms with Gasteiger partial charge in [0.15, 0.2) is 0 Å². The van der Waals surface area contributed by atoms with Crippen molar-refractivity contribution in [2.45, 2.75) is 26.2 Å². The van der Waals surface area contributed by atoms with E-state index in [9.17, 15) is 0 Å². The fourth-order valence-electron chi connectivity index (χ4n) is 1.34. The molecule has 0 fully saturated rings. The molecule has 0 radical (unpaired) electrons. The molecule has 3 nitrogen and oxygen atoms in total. The van der Waals surface area contributed by atoms with Crippen molar-refractivity contribution in [2.24, 2.45) is 0 Å². The summed E-state index contributed by atoms with van der Waals surface area (Å²) in [7, 11) is 1.97. The lowest BCUT2D eigenvalue weighted by Gasteiger charge is -2.20. The molecule has 0 rings (SSSR count). The predicted molar refractivity (Wildman–Crippen MR) is 57.0 cm³/mol. The number of unbranched alkanes of at least 4 members (excludes halogenated alkanes) is 1. The van der Waals surface area contributed by atoms with Crippen LogP contribution in [0.3, 0.4) is 0 Å². The minimum atomic E-state index is 0.281. The third-order valence-corrected chi connectivity index (χ3v) is 2.15. The molecular formula is C10H24N2O. The van der Waals surface area contributed by atoms with E-state index in [-0.39, 0.29) is 6.61 Å². The molecule has 0 heterocycles. The van der Waals surface area contributed by atoms with E-state index in [1.54, 1.807) is 0 Å². The van der Waals surface area contributed by atoms with Gasteiger partial charge in [-0.1, -0.05) is 13.3 Å². The Hall–Kier alpha value is -0.120. The summed E-state index contributed by atoms with van der Waals surface area (Å²) in [6.07, 6.45) is 3.63. The molecule has 0 bridgehead atoms. The average molecular weight is 188 g/mol. The molecule has 0 aliphatic rings. The number of nitrogens with one attached hydrogen (secondary N) is 1. The van der Waals surface area contributed by atoms with Crippen molar-refractivity contribution in [3.63, 3.8) is 0 Å². The summed E-state index contributed by atoms with van der Waals surface area (Å²) in [5.74, 6) is 0. The van der Waals surface area contributed by atoms with E-state index in [0.29, 0.717) is 0 Å². The van der Waals surface area contributed by atoms with Crippen molar-refractivity contribution in [1.29, 1.82) is 0 Å². The van der Waals surface area contributed by atoms with E-state index in [1.165, 1.54) is 19.3 Å². The standard InChI is InChI=1S/C10H24N2O/c1-3-4-7-12(9-10-13)8-5-6-11-2/h11,13H,3-10H2,1-2H3. The highest BCUT2D eigenvalue weighted by Gasteiger charge is 2.01. The van der Waals surface area contributed by atoms with Gasteiger partial charge in [-0.3, -0.25) is 0 Å². The molecule has 0 amide bonds. The highest BCUT2D eigenvalue weighted by atomic mass is 16.3. The molecule has 13 heavy (non-hydrogen) atoms. The lowest BCUT2D eigenvalue weighted by molar-refractivity contribution is 0.192. The number of nitrogens with zero attached hydrogens (tertiary/aromatic N) is 1. The Bertz CT molecular complexity index is 98.9. The molecule has 0 spiro atoms. The maximum atomic E-state index is 8.84. The van der Waals surface area contributed by atoms with Crippen LogP contribution in [0.2, 0.25) is 0 Å². The molecule has 0 saturated carbocycles. The topological polar surface area (TPSA) is 35.5 Å². The van der Waals surface area contributed by atoms with Gasteiger partial charge >= 0.3 is 0 Å². The Morgan fingerprint density at radius 3 is 2.38 bits per heavy atom. The Kier molecular flexibility index (Phi) is 9.87. The van der Waals surface area contributed by atoms with Crippen molar-refractivity contribution < 1.29 is 5.11 Å². The minimum Gasteiger partial charge on any atom is -0.395 e. The monoisotopic (exact) mass is 188 g/mol. The second-order valence-electron chi connectivity index (χ2n) is 3.38. The van der Waals surface area contributed by atoms with Crippen LogP contribution in [0, 0.1) is 0 Å². The SMILES string of the molecule is CCCCN(CCO)CCCNC. The number of hydrogen-bond acceptors (Lipinski definition) is 3. The Labute approximate surface area is 82.1 Å². The lowest BCUT2D eigenvalue weighted by Crippen LogP contribution is -2.30. The van der Waals surface area contributed by atoms with Gasteiger partial charge in [-0.25, -0.2) is 0 Å². The first-order chi connectivity index (χ1) is 6.35. The van der Waals surface area contributed by atoms with E-state index in [0.717, 1.165) is 26.2 Å². The zero-order valence-electron chi connectivity index (χ0n) is 9.05. The first-order valence-electron chi connectivity index (χ1n) is 5.33. The molecule has 0 aromatic carbocycles. The first-order valence-corrected chi connectivity index (χ1v) is 5.33. The van der Waals surface area contributed by atoms with Gasteiger partial charge in [-0.2, -0.15) is 0 Å². The van der Waals surface area contributed by atoms with Crippen molar-refractivity contribution >= 4 is 0 Å². The molecule has 0 unspecified atom stereocenters. The zero-order valence-corrected chi connectivity index (χ0v) is 9.05. The number of aliphatic hydroxyl groups is 1. The van der Waals surface area contributed by atoms with Crippen LogP contribution < -0.4 is 5.32 Å². The fourth-order valence-corrected chi connectivity index (χ4v) is 1.34. The quantitative estimate of drug-likeness (QED) is 0.523. The summed E-state index contributed by atoms with van der Waals surface area (Å²) in [5.41, 5.74) is 0. The molecule has 80 valence electrons. The van der Waals surface area contributed by atoms with Gasteiger partial charge in [0.25, 0.3) is 0 Å². The van der Waals surface area contributed by atoms with Crippen molar-refractivity contribution in [2.75, 3.05) is 39.8 Å². The Morgan fingerprint density at radius 1 is 1.15 bits per heavy atom. The minimum absolute atomic E-state index is 0.281. The van der Waals surface area contributed by atoms with Gasteiger partial charge in [0.1, 0.15) is 0 Å². The molecule has 0 aromatic heterocycles. The highest BCUT2D eigenvalue weighted by molar-refractivity contribution is 4.57. The summed E-state index contributed by atoms with van der Waals surface area (Å²) in [4.78, 5) is 2.33. The van der Waals surface area contributed by atoms with Gasteiger partial charge < -0.3 is 15.3 Å². The first kappa shape index (κ1) is 12.9. The lowest BCUT2D eigenvalue weighted by atomic mass is 10.3. The van der Waals surface area contributed by atoms with Gasteiger partial charge in [-0.15, -0.1) is 0 Å². The molecule has 2 N–H and O–H groups in total. The summed E-state index contributed by atoms with van der Waals surface area (Å²) >= 11 is 0.